The lowest BCUT2D eigenvalue weighted by Gasteiger charge is -2.18. The summed E-state index contributed by atoms with van der Waals surface area (Å²) in [5.74, 6) is -0.955. The summed E-state index contributed by atoms with van der Waals surface area (Å²) in [5.41, 5.74) is -0.710. The maximum atomic E-state index is 12.9. The van der Waals surface area contributed by atoms with Crippen LogP contribution < -0.4 is 4.90 Å². The van der Waals surface area contributed by atoms with Crippen LogP contribution in [0.4, 0.5) is 18.9 Å². The van der Waals surface area contributed by atoms with Crippen LogP contribution in [0.2, 0.25) is 0 Å². The van der Waals surface area contributed by atoms with Crippen LogP contribution in [0.5, 0.6) is 0 Å². The van der Waals surface area contributed by atoms with E-state index in [2.05, 4.69) is 0 Å². The lowest BCUT2D eigenvalue weighted by Crippen LogP contribution is -2.18. The highest BCUT2D eigenvalue weighted by atomic mass is 19.4. The van der Waals surface area contributed by atoms with E-state index in [0.29, 0.717) is 5.69 Å². The van der Waals surface area contributed by atoms with E-state index in [1.54, 1.807) is 32.8 Å². The summed E-state index contributed by atoms with van der Waals surface area (Å²) in [6.07, 6.45) is -4.52. The van der Waals surface area contributed by atoms with Crippen molar-refractivity contribution in [2.45, 2.75) is 20.0 Å². The molecule has 0 spiro atoms. The van der Waals surface area contributed by atoms with Crippen molar-refractivity contribution in [2.24, 2.45) is 5.92 Å². The van der Waals surface area contributed by atoms with E-state index in [1.807, 2.05) is 0 Å². The minimum Gasteiger partial charge on any atom is -0.378 e. The highest BCUT2D eigenvalue weighted by Gasteiger charge is 2.35. The fourth-order valence-electron chi connectivity index (χ4n) is 1.57. The molecule has 0 aliphatic heterocycles. The molecule has 0 radical (unpaired) electrons. The molecule has 0 aliphatic carbocycles. The van der Waals surface area contributed by atoms with Crippen molar-refractivity contribution < 1.29 is 18.0 Å². The fraction of sp³-hybridized carbons (Fsp3) is 0.462. The lowest BCUT2D eigenvalue weighted by molar-refractivity contribution is -0.137. The fourth-order valence-corrected chi connectivity index (χ4v) is 1.57. The first-order valence-electron chi connectivity index (χ1n) is 5.57. The Bertz CT molecular complexity index is 450. The molecule has 1 aromatic rings. The molecule has 1 aromatic carbocycles. The van der Waals surface area contributed by atoms with Gasteiger partial charge < -0.3 is 4.90 Å². The third-order valence-corrected chi connectivity index (χ3v) is 2.61. The van der Waals surface area contributed by atoms with Crippen LogP contribution in [-0.4, -0.2) is 19.9 Å². The summed E-state index contributed by atoms with van der Waals surface area (Å²) in [6, 6.07) is 3.78. The standard InChI is InChI=1S/C13H16F3NO/c1-8(2)12(18)10-6-5-9(17(3)4)7-11(10)13(14,15)16/h5-8H,1-4H3. The molecule has 18 heavy (non-hydrogen) atoms. The number of halogens is 3. The number of Topliss-reactive ketones (excluding diaryl/α,β-unsaturated/α-hetero) is 1. The van der Waals surface area contributed by atoms with Gasteiger partial charge in [0.2, 0.25) is 0 Å². The molecule has 1 rings (SSSR count). The number of rotatable bonds is 3. The Morgan fingerprint density at radius 2 is 1.78 bits per heavy atom. The van der Waals surface area contributed by atoms with Crippen LogP contribution in [0.25, 0.3) is 0 Å². The molecular weight excluding hydrogens is 243 g/mol. The highest BCUT2D eigenvalue weighted by Crippen LogP contribution is 2.35. The Morgan fingerprint density at radius 3 is 2.17 bits per heavy atom. The summed E-state index contributed by atoms with van der Waals surface area (Å²) in [7, 11) is 3.30. The first-order valence-corrected chi connectivity index (χ1v) is 5.57. The van der Waals surface area contributed by atoms with E-state index < -0.39 is 23.4 Å². The lowest BCUT2D eigenvalue weighted by atomic mass is 9.95. The molecule has 0 atom stereocenters. The number of ketones is 1. The molecule has 100 valence electrons. The van der Waals surface area contributed by atoms with Crippen LogP contribution in [0, 0.1) is 5.92 Å². The molecule has 0 heterocycles. The molecule has 2 nitrogen and oxygen atoms in total. The molecule has 0 saturated heterocycles. The first-order chi connectivity index (χ1) is 8.14. The van der Waals surface area contributed by atoms with E-state index in [1.165, 1.54) is 12.1 Å². The number of nitrogens with zero attached hydrogens (tertiary/aromatic N) is 1. The number of carbonyl (C=O) groups excluding carboxylic acids is 1. The number of alkyl halides is 3. The van der Waals surface area contributed by atoms with Gasteiger partial charge in [-0.1, -0.05) is 13.8 Å². The SMILES string of the molecule is CC(C)C(=O)c1ccc(N(C)C)cc1C(F)(F)F. The summed E-state index contributed by atoms with van der Waals surface area (Å²) < 4.78 is 38.8. The van der Waals surface area contributed by atoms with Gasteiger partial charge in [0.05, 0.1) is 5.56 Å². The quantitative estimate of drug-likeness (QED) is 0.773. The molecule has 0 aliphatic rings. The van der Waals surface area contributed by atoms with Crippen molar-refractivity contribution in [3.05, 3.63) is 29.3 Å². The van der Waals surface area contributed by atoms with Gasteiger partial charge in [0.1, 0.15) is 0 Å². The summed E-state index contributed by atoms with van der Waals surface area (Å²) >= 11 is 0. The summed E-state index contributed by atoms with van der Waals surface area (Å²) in [5, 5.41) is 0. The second-order valence-electron chi connectivity index (χ2n) is 4.64. The largest absolute Gasteiger partial charge is 0.417 e. The first kappa shape index (κ1) is 14.5. The number of hydrogen-bond donors (Lipinski definition) is 0. The van der Waals surface area contributed by atoms with Crippen LogP contribution in [0.15, 0.2) is 18.2 Å². The van der Waals surface area contributed by atoms with Gasteiger partial charge in [-0.15, -0.1) is 0 Å². The molecular formula is C13H16F3NO. The van der Waals surface area contributed by atoms with Gasteiger partial charge in [0.15, 0.2) is 5.78 Å². The zero-order valence-electron chi connectivity index (χ0n) is 10.8. The van der Waals surface area contributed by atoms with Gasteiger partial charge in [0.25, 0.3) is 0 Å². The zero-order chi connectivity index (χ0) is 14.1. The monoisotopic (exact) mass is 259 g/mol. The van der Waals surface area contributed by atoms with Gasteiger partial charge >= 0.3 is 6.18 Å². The number of hydrogen-bond acceptors (Lipinski definition) is 2. The smallest absolute Gasteiger partial charge is 0.378 e. The van der Waals surface area contributed by atoms with Crippen molar-refractivity contribution in [1.82, 2.24) is 0 Å². The van der Waals surface area contributed by atoms with Crippen molar-refractivity contribution in [2.75, 3.05) is 19.0 Å². The Labute approximate surface area is 104 Å². The molecule has 0 unspecified atom stereocenters. The third kappa shape index (κ3) is 3.03. The minimum atomic E-state index is -4.52. The van der Waals surface area contributed by atoms with E-state index >= 15 is 0 Å². The molecule has 0 saturated carbocycles. The Balaban J connectivity index is 3.40. The maximum absolute atomic E-state index is 12.9. The number of benzene rings is 1. The van der Waals surface area contributed by atoms with Gasteiger partial charge in [-0.25, -0.2) is 0 Å². The van der Waals surface area contributed by atoms with Crippen LogP contribution in [-0.2, 0) is 6.18 Å². The van der Waals surface area contributed by atoms with E-state index in [-0.39, 0.29) is 5.56 Å². The zero-order valence-corrected chi connectivity index (χ0v) is 10.8. The van der Waals surface area contributed by atoms with Gasteiger partial charge in [-0.05, 0) is 18.2 Å². The van der Waals surface area contributed by atoms with E-state index in [0.717, 1.165) is 6.07 Å². The minimum absolute atomic E-state index is 0.261. The highest BCUT2D eigenvalue weighted by molar-refractivity contribution is 5.99. The molecule has 0 amide bonds. The Hall–Kier alpha value is -1.52. The predicted molar refractivity (Wildman–Crippen MR) is 64.9 cm³/mol. The van der Waals surface area contributed by atoms with Crippen molar-refractivity contribution >= 4 is 11.5 Å². The number of anilines is 1. The molecule has 0 aromatic heterocycles. The number of carbonyl (C=O) groups is 1. The summed E-state index contributed by atoms with van der Waals surface area (Å²) in [4.78, 5) is 13.3. The van der Waals surface area contributed by atoms with Crippen LogP contribution >= 0.6 is 0 Å². The molecule has 0 N–H and O–H groups in total. The Morgan fingerprint density at radius 1 is 1.22 bits per heavy atom. The van der Waals surface area contributed by atoms with Gasteiger partial charge in [-0.3, -0.25) is 4.79 Å². The normalized spacial score (nSPS) is 11.8. The van der Waals surface area contributed by atoms with E-state index in [4.69, 9.17) is 0 Å². The van der Waals surface area contributed by atoms with E-state index in [9.17, 15) is 18.0 Å². The predicted octanol–water partition coefficient (Wildman–Crippen LogP) is 3.61. The molecule has 0 fully saturated rings. The Kier molecular flexibility index (Phi) is 4.04. The van der Waals surface area contributed by atoms with Crippen molar-refractivity contribution in [1.29, 1.82) is 0 Å². The van der Waals surface area contributed by atoms with Gasteiger partial charge in [-0.2, -0.15) is 13.2 Å². The average molecular weight is 259 g/mol. The molecule has 5 heteroatoms. The summed E-state index contributed by atoms with van der Waals surface area (Å²) in [6.45, 7) is 3.17. The average Bonchev–Trinajstić information content (AvgIpc) is 2.25. The topological polar surface area (TPSA) is 20.3 Å². The van der Waals surface area contributed by atoms with Crippen LogP contribution in [0.1, 0.15) is 29.8 Å². The van der Waals surface area contributed by atoms with Crippen LogP contribution in [0.3, 0.4) is 0 Å². The second kappa shape index (κ2) is 5.00. The second-order valence-corrected chi connectivity index (χ2v) is 4.64. The van der Waals surface area contributed by atoms with Gasteiger partial charge in [0, 0.05) is 31.3 Å². The van der Waals surface area contributed by atoms with Crippen molar-refractivity contribution in [3.8, 4) is 0 Å². The maximum Gasteiger partial charge on any atom is 0.417 e. The third-order valence-electron chi connectivity index (χ3n) is 2.61. The molecule has 0 bridgehead atoms. The van der Waals surface area contributed by atoms with Crippen molar-refractivity contribution in [3.63, 3.8) is 0 Å².